The lowest BCUT2D eigenvalue weighted by Gasteiger charge is -2.15. The Labute approximate surface area is 123 Å². The monoisotopic (exact) mass is 282 g/mol. The second-order valence-electron chi connectivity index (χ2n) is 4.96. The number of nitrogens with zero attached hydrogens (tertiary/aromatic N) is 2. The van der Waals surface area contributed by atoms with Crippen molar-refractivity contribution in [2.75, 3.05) is 0 Å². The number of aromatic nitrogens is 1. The number of pyridine rings is 1. The molecule has 4 nitrogen and oxygen atoms in total. The minimum Gasteiger partial charge on any atom is -0.494 e. The zero-order chi connectivity index (χ0) is 15.4. The van der Waals surface area contributed by atoms with E-state index < -0.39 is 5.56 Å². The Bertz CT molecular complexity index is 740. The summed E-state index contributed by atoms with van der Waals surface area (Å²) in [6.07, 6.45) is 1.21. The van der Waals surface area contributed by atoms with Crippen LogP contribution in [0.25, 0.3) is 0 Å². The molecule has 0 spiro atoms. The molecule has 0 aliphatic rings. The van der Waals surface area contributed by atoms with E-state index in [-0.39, 0.29) is 11.4 Å². The summed E-state index contributed by atoms with van der Waals surface area (Å²) >= 11 is 0. The third-order valence-corrected chi connectivity index (χ3v) is 3.74. The Morgan fingerprint density at radius 3 is 2.52 bits per heavy atom. The summed E-state index contributed by atoms with van der Waals surface area (Å²) < 4.78 is 1.30. The molecule has 2 rings (SSSR count). The van der Waals surface area contributed by atoms with E-state index in [1.165, 1.54) is 4.57 Å². The van der Waals surface area contributed by atoms with Crippen LogP contribution in [0.15, 0.2) is 35.1 Å². The number of aryl methyl sites for hydroxylation is 1. The first-order valence-corrected chi connectivity index (χ1v) is 6.99. The number of hydrogen-bond acceptors (Lipinski definition) is 3. The van der Waals surface area contributed by atoms with Gasteiger partial charge >= 0.3 is 0 Å². The smallest absolute Gasteiger partial charge is 0.271 e. The highest BCUT2D eigenvalue weighted by Crippen LogP contribution is 2.22. The highest BCUT2D eigenvalue weighted by molar-refractivity contribution is 5.45. The van der Waals surface area contributed by atoms with Gasteiger partial charge in [0.1, 0.15) is 11.6 Å². The van der Waals surface area contributed by atoms with Crippen molar-refractivity contribution in [3.8, 4) is 11.9 Å². The second-order valence-corrected chi connectivity index (χ2v) is 4.96. The first kappa shape index (κ1) is 14.9. The molecule has 4 heteroatoms. The SMILES string of the molecule is CCc1c(C)c(C#N)c(=O)n(CCc2ccccc2)c1O. The number of aromatic hydroxyl groups is 1. The number of nitriles is 1. The maximum Gasteiger partial charge on any atom is 0.271 e. The Balaban J connectivity index is 2.44. The van der Waals surface area contributed by atoms with Gasteiger partial charge in [-0.2, -0.15) is 5.26 Å². The summed E-state index contributed by atoms with van der Waals surface area (Å²) in [4.78, 5) is 12.3. The van der Waals surface area contributed by atoms with E-state index in [0.717, 1.165) is 5.56 Å². The normalized spacial score (nSPS) is 10.3. The minimum absolute atomic E-state index is 0.0186. The van der Waals surface area contributed by atoms with Crippen LogP contribution >= 0.6 is 0 Å². The third kappa shape index (κ3) is 2.82. The molecule has 1 aromatic carbocycles. The fourth-order valence-electron chi connectivity index (χ4n) is 2.52. The van der Waals surface area contributed by atoms with Crippen LogP contribution in [0.2, 0.25) is 0 Å². The van der Waals surface area contributed by atoms with Crippen LogP contribution in [0, 0.1) is 18.3 Å². The largest absolute Gasteiger partial charge is 0.494 e. The van der Waals surface area contributed by atoms with Crippen LogP contribution in [-0.4, -0.2) is 9.67 Å². The predicted octanol–water partition coefficient (Wildman–Crippen LogP) is 2.54. The Hall–Kier alpha value is -2.54. The summed E-state index contributed by atoms with van der Waals surface area (Å²) in [5.41, 5.74) is 2.04. The van der Waals surface area contributed by atoms with Gasteiger partial charge < -0.3 is 5.11 Å². The quantitative estimate of drug-likeness (QED) is 0.937. The van der Waals surface area contributed by atoms with Crippen molar-refractivity contribution in [1.82, 2.24) is 4.57 Å². The molecule has 0 atom stereocenters. The highest BCUT2D eigenvalue weighted by Gasteiger charge is 2.17. The van der Waals surface area contributed by atoms with E-state index in [2.05, 4.69) is 0 Å². The van der Waals surface area contributed by atoms with Gasteiger partial charge in [0.15, 0.2) is 5.88 Å². The molecular weight excluding hydrogens is 264 g/mol. The predicted molar refractivity (Wildman–Crippen MR) is 81.3 cm³/mol. The fraction of sp³-hybridized carbons (Fsp3) is 0.294. The fourth-order valence-corrected chi connectivity index (χ4v) is 2.52. The van der Waals surface area contributed by atoms with Crippen molar-refractivity contribution in [3.05, 3.63) is 62.9 Å². The average molecular weight is 282 g/mol. The minimum atomic E-state index is -0.416. The van der Waals surface area contributed by atoms with Crippen LogP contribution in [0.3, 0.4) is 0 Å². The van der Waals surface area contributed by atoms with Crippen molar-refractivity contribution < 1.29 is 5.11 Å². The molecule has 0 amide bonds. The van der Waals surface area contributed by atoms with Crippen LogP contribution in [-0.2, 0) is 19.4 Å². The lowest BCUT2D eigenvalue weighted by molar-refractivity contribution is 0.398. The molecule has 0 saturated heterocycles. The van der Waals surface area contributed by atoms with E-state index in [9.17, 15) is 15.2 Å². The highest BCUT2D eigenvalue weighted by atomic mass is 16.3. The summed E-state index contributed by atoms with van der Waals surface area (Å²) in [5, 5.41) is 19.5. The van der Waals surface area contributed by atoms with E-state index in [1.54, 1.807) is 6.92 Å². The van der Waals surface area contributed by atoms with Gasteiger partial charge in [-0.3, -0.25) is 9.36 Å². The molecule has 1 N–H and O–H groups in total. The molecule has 21 heavy (non-hydrogen) atoms. The molecule has 1 aromatic heterocycles. The molecule has 0 aliphatic heterocycles. The maximum atomic E-state index is 12.3. The molecule has 0 fully saturated rings. The van der Waals surface area contributed by atoms with E-state index in [0.29, 0.717) is 30.5 Å². The molecule has 0 aliphatic carbocycles. The molecule has 0 radical (unpaired) electrons. The molecule has 2 aromatic rings. The Morgan fingerprint density at radius 2 is 1.95 bits per heavy atom. The molecule has 0 unspecified atom stereocenters. The van der Waals surface area contributed by atoms with Crippen molar-refractivity contribution in [1.29, 1.82) is 5.26 Å². The van der Waals surface area contributed by atoms with Gasteiger partial charge in [0, 0.05) is 12.1 Å². The molecule has 1 heterocycles. The summed E-state index contributed by atoms with van der Waals surface area (Å²) in [6, 6.07) is 11.7. The first-order valence-electron chi connectivity index (χ1n) is 6.99. The van der Waals surface area contributed by atoms with Gasteiger partial charge in [-0.05, 0) is 30.9 Å². The lowest BCUT2D eigenvalue weighted by atomic mass is 10.0. The van der Waals surface area contributed by atoms with Gasteiger partial charge in [0.2, 0.25) is 0 Å². The number of hydrogen-bond donors (Lipinski definition) is 1. The summed E-state index contributed by atoms with van der Waals surface area (Å²) in [7, 11) is 0. The van der Waals surface area contributed by atoms with Crippen LogP contribution in [0.5, 0.6) is 5.88 Å². The number of rotatable bonds is 4. The molecular formula is C17H18N2O2. The van der Waals surface area contributed by atoms with Crippen LogP contribution < -0.4 is 5.56 Å². The topological polar surface area (TPSA) is 66.0 Å². The average Bonchev–Trinajstić information content (AvgIpc) is 2.49. The van der Waals surface area contributed by atoms with Crippen LogP contribution in [0.4, 0.5) is 0 Å². The molecule has 0 saturated carbocycles. The van der Waals surface area contributed by atoms with Crippen molar-refractivity contribution in [3.63, 3.8) is 0 Å². The Kier molecular flexibility index (Phi) is 4.44. The maximum absolute atomic E-state index is 12.3. The number of benzene rings is 1. The summed E-state index contributed by atoms with van der Waals surface area (Å²) in [6.45, 7) is 3.96. The van der Waals surface area contributed by atoms with Crippen molar-refractivity contribution in [2.24, 2.45) is 0 Å². The molecule has 0 bridgehead atoms. The molecule has 108 valence electrons. The third-order valence-electron chi connectivity index (χ3n) is 3.74. The lowest BCUT2D eigenvalue weighted by Crippen LogP contribution is -2.26. The summed E-state index contributed by atoms with van der Waals surface area (Å²) in [5.74, 6) is -0.0186. The first-order chi connectivity index (χ1) is 10.1. The van der Waals surface area contributed by atoms with Gasteiger partial charge in [-0.15, -0.1) is 0 Å². The van der Waals surface area contributed by atoms with Crippen molar-refractivity contribution in [2.45, 2.75) is 33.2 Å². The zero-order valence-electron chi connectivity index (χ0n) is 12.3. The van der Waals surface area contributed by atoms with Gasteiger partial charge in [-0.25, -0.2) is 0 Å². The van der Waals surface area contributed by atoms with E-state index >= 15 is 0 Å². The van der Waals surface area contributed by atoms with Crippen LogP contribution in [0.1, 0.15) is 29.2 Å². The van der Waals surface area contributed by atoms with Gasteiger partial charge in [-0.1, -0.05) is 37.3 Å². The van der Waals surface area contributed by atoms with Gasteiger partial charge in [0.25, 0.3) is 5.56 Å². The standard InChI is InChI=1S/C17H18N2O2/c1-3-14-12(2)15(11-18)17(21)19(16(14)20)10-9-13-7-5-4-6-8-13/h4-8,20H,3,9-10H2,1-2H3. The van der Waals surface area contributed by atoms with Crippen molar-refractivity contribution >= 4 is 0 Å². The zero-order valence-corrected chi connectivity index (χ0v) is 12.3. The van der Waals surface area contributed by atoms with E-state index in [1.807, 2.05) is 43.3 Å². The second kappa shape index (κ2) is 6.27. The van der Waals surface area contributed by atoms with E-state index in [4.69, 9.17) is 0 Å². The van der Waals surface area contributed by atoms with Gasteiger partial charge in [0.05, 0.1) is 0 Å². The Morgan fingerprint density at radius 1 is 1.29 bits per heavy atom.